The number of benzene rings is 1. The summed E-state index contributed by atoms with van der Waals surface area (Å²) in [5.41, 5.74) is 3.80. The zero-order chi connectivity index (χ0) is 38.4. The van der Waals surface area contributed by atoms with Crippen LogP contribution in [0.5, 0.6) is 11.6 Å². The number of pyridine rings is 3. The molecule has 3 aromatic heterocycles. The number of likely N-dealkylation sites (tertiary alicyclic amines) is 1. The zero-order valence-electron chi connectivity index (χ0n) is 30.9. The molecule has 0 spiro atoms. The van der Waals surface area contributed by atoms with Crippen LogP contribution in [-0.4, -0.2) is 87.9 Å². The molecule has 1 saturated heterocycles. The summed E-state index contributed by atoms with van der Waals surface area (Å²) in [6.45, 7) is 10.2. The third-order valence-corrected chi connectivity index (χ3v) is 9.31. The summed E-state index contributed by atoms with van der Waals surface area (Å²) >= 11 is 7.04. The number of methoxy groups -OCH3 is 2. The second kappa shape index (κ2) is 16.4. The van der Waals surface area contributed by atoms with Crippen LogP contribution >= 0.6 is 11.6 Å². The summed E-state index contributed by atoms with van der Waals surface area (Å²) in [7, 11) is 2.93. The summed E-state index contributed by atoms with van der Waals surface area (Å²) in [5.74, 6) is 0.0820. The Labute approximate surface area is 313 Å². The van der Waals surface area contributed by atoms with Gasteiger partial charge in [0.2, 0.25) is 11.8 Å². The minimum atomic E-state index is -0.698. The van der Waals surface area contributed by atoms with Crippen LogP contribution in [0.15, 0.2) is 54.9 Å². The van der Waals surface area contributed by atoms with Gasteiger partial charge in [-0.1, -0.05) is 23.7 Å². The molecule has 0 radical (unpaired) electrons. The average molecular weight is 743 g/mol. The van der Waals surface area contributed by atoms with Gasteiger partial charge in [0.15, 0.2) is 6.29 Å². The fourth-order valence-corrected chi connectivity index (χ4v) is 6.45. The quantitative estimate of drug-likeness (QED) is 0.168. The van der Waals surface area contributed by atoms with Crippen molar-refractivity contribution in [1.29, 1.82) is 0 Å². The zero-order valence-corrected chi connectivity index (χ0v) is 31.6. The van der Waals surface area contributed by atoms with E-state index in [1.807, 2.05) is 45.9 Å². The Kier molecular flexibility index (Phi) is 12.0. The minimum Gasteiger partial charge on any atom is -0.496 e. The molecule has 0 aliphatic carbocycles. The molecule has 5 rings (SSSR count). The van der Waals surface area contributed by atoms with Gasteiger partial charge in [-0.15, -0.1) is 0 Å². The summed E-state index contributed by atoms with van der Waals surface area (Å²) in [6.07, 6.45) is 4.31. The van der Waals surface area contributed by atoms with Crippen molar-refractivity contribution in [3.8, 4) is 34.1 Å². The van der Waals surface area contributed by atoms with Crippen LogP contribution in [0.1, 0.15) is 72.5 Å². The molecule has 4 aromatic rings. The smallest absolute Gasteiger partial charge is 0.410 e. The number of aldehydes is 1. The number of halogens is 1. The number of anilines is 1. The van der Waals surface area contributed by atoms with E-state index >= 15 is 0 Å². The van der Waals surface area contributed by atoms with E-state index in [1.165, 1.54) is 26.5 Å². The number of rotatable bonds is 10. The molecule has 0 atom stereocenters. The molecule has 3 amide bonds. The molecular formula is C39H43ClN6O7. The molecule has 4 heterocycles. The van der Waals surface area contributed by atoms with Crippen molar-refractivity contribution in [2.45, 2.75) is 65.6 Å². The maximum atomic E-state index is 13.5. The van der Waals surface area contributed by atoms with Crippen molar-refractivity contribution < 1.29 is 33.4 Å². The standard InChI is InChI=1S/C39H43ClN6O7/c1-23-28(9-8-10-30(23)43-36(49)32-19-33(51-6)26(22-47)20-42-32)35-34(40)29(13-16-41-35)31-12-11-25(37(44-31)52-7)21-46(38(50)53-39(3,4)5)27-14-17-45(18-15-27)24(2)48/h8-13,16,19-20,22,27H,14-15,17-18,21H2,1-7H3,(H,43,49). The lowest BCUT2D eigenvalue weighted by atomic mass is 10.0. The average Bonchev–Trinajstić information content (AvgIpc) is 3.14. The number of hydrogen-bond acceptors (Lipinski definition) is 10. The molecule has 0 unspecified atom stereocenters. The number of nitrogens with one attached hydrogen (secondary N) is 1. The lowest BCUT2D eigenvalue weighted by molar-refractivity contribution is -0.130. The van der Waals surface area contributed by atoms with Crippen molar-refractivity contribution in [2.75, 3.05) is 32.6 Å². The van der Waals surface area contributed by atoms with Gasteiger partial charge < -0.3 is 29.3 Å². The van der Waals surface area contributed by atoms with Crippen molar-refractivity contribution in [3.63, 3.8) is 0 Å². The highest BCUT2D eigenvalue weighted by Gasteiger charge is 2.33. The highest BCUT2D eigenvalue weighted by molar-refractivity contribution is 6.35. The predicted molar refractivity (Wildman–Crippen MR) is 200 cm³/mol. The number of amides is 3. The lowest BCUT2D eigenvalue weighted by Crippen LogP contribution is -2.49. The van der Waals surface area contributed by atoms with E-state index in [2.05, 4.69) is 15.3 Å². The van der Waals surface area contributed by atoms with Crippen LogP contribution in [0.4, 0.5) is 10.5 Å². The number of aromatic nitrogens is 3. The first kappa shape index (κ1) is 38.7. The van der Waals surface area contributed by atoms with Gasteiger partial charge in [-0.3, -0.25) is 24.4 Å². The molecule has 1 fully saturated rings. The molecule has 13 nitrogen and oxygen atoms in total. The Morgan fingerprint density at radius 1 is 1.04 bits per heavy atom. The second-order valence-corrected chi connectivity index (χ2v) is 14.0. The number of piperidine rings is 1. The largest absolute Gasteiger partial charge is 0.496 e. The number of carbonyl (C=O) groups excluding carboxylic acids is 4. The highest BCUT2D eigenvalue weighted by Crippen LogP contribution is 2.38. The third kappa shape index (κ3) is 8.91. The fourth-order valence-electron chi connectivity index (χ4n) is 6.14. The Balaban J connectivity index is 1.42. The molecule has 1 aliphatic heterocycles. The molecule has 0 bridgehead atoms. The molecule has 0 saturated carbocycles. The molecular weight excluding hydrogens is 700 g/mol. The highest BCUT2D eigenvalue weighted by atomic mass is 35.5. The summed E-state index contributed by atoms with van der Waals surface area (Å²) in [6, 6.07) is 12.1. The summed E-state index contributed by atoms with van der Waals surface area (Å²) in [4.78, 5) is 66.8. The van der Waals surface area contributed by atoms with Crippen molar-refractivity contribution in [3.05, 3.63) is 82.3 Å². The van der Waals surface area contributed by atoms with Crippen molar-refractivity contribution in [2.24, 2.45) is 0 Å². The van der Waals surface area contributed by atoms with E-state index in [-0.39, 0.29) is 35.5 Å². The van der Waals surface area contributed by atoms with Crippen LogP contribution in [0, 0.1) is 6.92 Å². The van der Waals surface area contributed by atoms with Gasteiger partial charge in [0.25, 0.3) is 5.91 Å². The Bertz CT molecular complexity index is 2020. The van der Waals surface area contributed by atoms with Crippen LogP contribution in [-0.2, 0) is 16.1 Å². The third-order valence-electron chi connectivity index (χ3n) is 8.93. The van der Waals surface area contributed by atoms with E-state index in [0.29, 0.717) is 82.4 Å². The van der Waals surface area contributed by atoms with Crippen LogP contribution in [0.3, 0.4) is 0 Å². The number of nitrogens with zero attached hydrogens (tertiary/aromatic N) is 5. The van der Waals surface area contributed by atoms with Gasteiger partial charge in [0, 0.05) is 66.9 Å². The number of carbonyl (C=O) groups is 4. The Morgan fingerprint density at radius 3 is 2.42 bits per heavy atom. The second-order valence-electron chi connectivity index (χ2n) is 13.6. The maximum Gasteiger partial charge on any atom is 0.410 e. The van der Waals surface area contributed by atoms with Gasteiger partial charge in [-0.25, -0.2) is 9.78 Å². The number of ether oxygens (including phenoxy) is 3. The molecule has 1 aliphatic rings. The van der Waals surface area contributed by atoms with Crippen LogP contribution in [0.2, 0.25) is 5.02 Å². The first-order chi connectivity index (χ1) is 25.2. The topological polar surface area (TPSA) is 153 Å². The summed E-state index contributed by atoms with van der Waals surface area (Å²) in [5, 5.41) is 3.22. The predicted octanol–water partition coefficient (Wildman–Crippen LogP) is 7.00. The molecule has 53 heavy (non-hydrogen) atoms. The molecule has 14 heteroatoms. The Morgan fingerprint density at radius 2 is 1.77 bits per heavy atom. The van der Waals surface area contributed by atoms with Gasteiger partial charge in [0.05, 0.1) is 42.7 Å². The van der Waals surface area contributed by atoms with E-state index in [1.54, 1.807) is 41.1 Å². The SMILES string of the molecule is COc1cc(C(=O)Nc2cccc(-c3nccc(-c4ccc(CN(C(=O)OC(C)(C)C)C5CCN(C(C)=O)CC5)c(OC)n4)c3Cl)c2C)ncc1C=O. The van der Waals surface area contributed by atoms with Crippen molar-refractivity contribution >= 4 is 41.5 Å². The molecule has 1 N–H and O–H groups in total. The fraction of sp³-hybridized carbons (Fsp3) is 0.359. The normalized spacial score (nSPS) is 13.2. The van der Waals surface area contributed by atoms with Gasteiger partial charge in [-0.05, 0) is 70.4 Å². The maximum absolute atomic E-state index is 13.5. The molecule has 278 valence electrons. The first-order valence-corrected chi connectivity index (χ1v) is 17.5. The van der Waals surface area contributed by atoms with Gasteiger partial charge in [-0.2, -0.15) is 0 Å². The minimum absolute atomic E-state index is 0.0131. The lowest BCUT2D eigenvalue weighted by Gasteiger charge is -2.39. The molecule has 1 aromatic carbocycles. The van der Waals surface area contributed by atoms with E-state index < -0.39 is 17.6 Å². The van der Waals surface area contributed by atoms with Crippen molar-refractivity contribution in [1.82, 2.24) is 24.8 Å². The van der Waals surface area contributed by atoms with Crippen LogP contribution in [0.25, 0.3) is 22.5 Å². The van der Waals surface area contributed by atoms with Gasteiger partial charge in [0.1, 0.15) is 17.0 Å². The number of hydrogen-bond donors (Lipinski definition) is 1. The summed E-state index contributed by atoms with van der Waals surface area (Å²) < 4.78 is 16.8. The Hall–Kier alpha value is -5.56. The van der Waals surface area contributed by atoms with Gasteiger partial charge >= 0.3 is 6.09 Å². The van der Waals surface area contributed by atoms with E-state index in [4.69, 9.17) is 30.8 Å². The van der Waals surface area contributed by atoms with E-state index in [0.717, 1.165) is 0 Å². The first-order valence-electron chi connectivity index (χ1n) is 17.1. The van der Waals surface area contributed by atoms with E-state index in [9.17, 15) is 19.2 Å². The van der Waals surface area contributed by atoms with Crippen LogP contribution < -0.4 is 14.8 Å². The monoisotopic (exact) mass is 742 g/mol.